The van der Waals surface area contributed by atoms with Gasteiger partial charge in [0.2, 0.25) is 0 Å². The first-order chi connectivity index (χ1) is 11.6. The van der Waals surface area contributed by atoms with Gasteiger partial charge in [0.05, 0.1) is 20.3 Å². The summed E-state index contributed by atoms with van der Waals surface area (Å²) < 4.78 is 24.3. The highest BCUT2D eigenvalue weighted by atomic mass is 19.1. The summed E-state index contributed by atoms with van der Waals surface area (Å²) in [7, 11) is 3.20. The predicted molar refractivity (Wildman–Crippen MR) is 91.9 cm³/mol. The fourth-order valence-electron chi connectivity index (χ4n) is 2.63. The quantitative estimate of drug-likeness (QED) is 0.804. The SMILES string of the molecule is CCN(Cc1ccc(OC)c(OC)c1)CC(O)c1ccccc1F. The molecule has 0 fully saturated rings. The maximum Gasteiger partial charge on any atom is 0.161 e. The van der Waals surface area contributed by atoms with Gasteiger partial charge in [-0.15, -0.1) is 0 Å². The van der Waals surface area contributed by atoms with E-state index in [-0.39, 0.29) is 5.82 Å². The van der Waals surface area contributed by atoms with Crippen LogP contribution in [0, 0.1) is 5.82 Å². The van der Waals surface area contributed by atoms with E-state index in [9.17, 15) is 9.50 Å². The van der Waals surface area contributed by atoms with Crippen molar-refractivity contribution in [1.29, 1.82) is 0 Å². The first kappa shape index (κ1) is 18.2. The Morgan fingerprint density at radius 3 is 2.42 bits per heavy atom. The van der Waals surface area contributed by atoms with Crippen LogP contribution in [0.2, 0.25) is 0 Å². The monoisotopic (exact) mass is 333 g/mol. The van der Waals surface area contributed by atoms with Gasteiger partial charge in [-0.05, 0) is 30.3 Å². The lowest BCUT2D eigenvalue weighted by molar-refractivity contribution is 0.109. The number of nitrogens with zero attached hydrogens (tertiary/aromatic N) is 1. The van der Waals surface area contributed by atoms with Crippen LogP contribution in [0.4, 0.5) is 4.39 Å². The van der Waals surface area contributed by atoms with Gasteiger partial charge in [0.15, 0.2) is 11.5 Å². The van der Waals surface area contributed by atoms with Crippen molar-refractivity contribution in [2.75, 3.05) is 27.3 Å². The number of aliphatic hydroxyl groups is 1. The number of likely N-dealkylation sites (N-methyl/N-ethyl adjacent to an activating group) is 1. The Morgan fingerprint density at radius 1 is 1.08 bits per heavy atom. The zero-order chi connectivity index (χ0) is 17.5. The van der Waals surface area contributed by atoms with Crippen LogP contribution in [0.5, 0.6) is 11.5 Å². The Labute approximate surface area is 142 Å². The molecule has 1 N–H and O–H groups in total. The topological polar surface area (TPSA) is 41.9 Å². The van der Waals surface area contributed by atoms with Gasteiger partial charge >= 0.3 is 0 Å². The zero-order valence-electron chi connectivity index (χ0n) is 14.3. The van der Waals surface area contributed by atoms with Crippen molar-refractivity contribution < 1.29 is 19.0 Å². The van der Waals surface area contributed by atoms with E-state index in [1.807, 2.05) is 25.1 Å². The molecule has 0 aliphatic heterocycles. The van der Waals surface area contributed by atoms with E-state index in [1.165, 1.54) is 6.07 Å². The summed E-state index contributed by atoms with van der Waals surface area (Å²) in [4.78, 5) is 2.05. The van der Waals surface area contributed by atoms with E-state index in [1.54, 1.807) is 32.4 Å². The molecule has 0 amide bonds. The highest BCUT2D eigenvalue weighted by Crippen LogP contribution is 2.28. The minimum atomic E-state index is -0.869. The smallest absolute Gasteiger partial charge is 0.161 e. The van der Waals surface area contributed by atoms with Crippen molar-refractivity contribution in [3.63, 3.8) is 0 Å². The Kier molecular flexibility index (Phi) is 6.58. The lowest BCUT2D eigenvalue weighted by Crippen LogP contribution is -2.28. The minimum Gasteiger partial charge on any atom is -0.493 e. The lowest BCUT2D eigenvalue weighted by atomic mass is 10.1. The summed E-state index contributed by atoms with van der Waals surface area (Å²) in [6.45, 7) is 3.73. The second-order valence-electron chi connectivity index (χ2n) is 5.55. The van der Waals surface area contributed by atoms with Crippen LogP contribution in [0.25, 0.3) is 0 Å². The molecule has 2 aromatic rings. The first-order valence-electron chi connectivity index (χ1n) is 7.94. The highest BCUT2D eigenvalue weighted by Gasteiger charge is 2.16. The standard InChI is InChI=1S/C19H24FNO3/c1-4-21(13-17(22)15-7-5-6-8-16(15)20)12-14-9-10-18(23-2)19(11-14)24-3/h5-11,17,22H,4,12-13H2,1-3H3. The molecule has 5 heteroatoms. The van der Waals surface area contributed by atoms with E-state index in [0.29, 0.717) is 30.2 Å². The molecule has 0 saturated carbocycles. The predicted octanol–water partition coefficient (Wildman–Crippen LogP) is 3.40. The maximum absolute atomic E-state index is 13.8. The van der Waals surface area contributed by atoms with Crippen LogP contribution in [-0.2, 0) is 6.54 Å². The van der Waals surface area contributed by atoms with Crippen LogP contribution in [0.15, 0.2) is 42.5 Å². The second kappa shape index (κ2) is 8.66. The fourth-order valence-corrected chi connectivity index (χ4v) is 2.63. The normalized spacial score (nSPS) is 12.2. The number of aliphatic hydroxyl groups excluding tert-OH is 1. The molecule has 0 bridgehead atoms. The Hall–Kier alpha value is -2.11. The van der Waals surface area contributed by atoms with E-state index < -0.39 is 6.10 Å². The summed E-state index contributed by atoms with van der Waals surface area (Å²) in [5, 5.41) is 10.3. The molecule has 0 heterocycles. The number of hydrogen-bond donors (Lipinski definition) is 1. The van der Waals surface area contributed by atoms with E-state index in [2.05, 4.69) is 4.90 Å². The molecule has 1 atom stereocenters. The molecular weight excluding hydrogens is 309 g/mol. The Balaban J connectivity index is 2.08. The fraction of sp³-hybridized carbons (Fsp3) is 0.368. The average Bonchev–Trinajstić information content (AvgIpc) is 2.61. The van der Waals surface area contributed by atoms with Gasteiger partial charge in [0, 0.05) is 18.7 Å². The number of methoxy groups -OCH3 is 2. The van der Waals surface area contributed by atoms with E-state index in [4.69, 9.17) is 9.47 Å². The molecule has 0 saturated heterocycles. The van der Waals surface area contributed by atoms with Crippen molar-refractivity contribution in [2.45, 2.75) is 19.6 Å². The third kappa shape index (κ3) is 4.46. The number of ether oxygens (including phenoxy) is 2. The minimum absolute atomic E-state index is 0.322. The molecule has 4 nitrogen and oxygen atoms in total. The first-order valence-corrected chi connectivity index (χ1v) is 7.94. The van der Waals surface area contributed by atoms with Gasteiger partial charge in [-0.1, -0.05) is 31.2 Å². The molecule has 0 aliphatic carbocycles. The van der Waals surface area contributed by atoms with Gasteiger partial charge in [-0.25, -0.2) is 4.39 Å². The van der Waals surface area contributed by atoms with Gasteiger partial charge in [-0.2, -0.15) is 0 Å². The molecule has 0 aromatic heterocycles. The van der Waals surface area contributed by atoms with Crippen LogP contribution < -0.4 is 9.47 Å². The maximum atomic E-state index is 13.8. The molecule has 0 radical (unpaired) electrons. The average molecular weight is 333 g/mol. The summed E-state index contributed by atoms with van der Waals surface area (Å²) in [5.41, 5.74) is 1.36. The molecule has 24 heavy (non-hydrogen) atoms. The molecular formula is C19H24FNO3. The number of hydrogen-bond acceptors (Lipinski definition) is 4. The third-order valence-electron chi connectivity index (χ3n) is 4.00. The van der Waals surface area contributed by atoms with E-state index in [0.717, 1.165) is 12.1 Å². The number of benzene rings is 2. The van der Waals surface area contributed by atoms with Crippen molar-refractivity contribution in [3.05, 3.63) is 59.4 Å². The lowest BCUT2D eigenvalue weighted by Gasteiger charge is -2.24. The molecule has 0 aliphatic rings. The summed E-state index contributed by atoms with van der Waals surface area (Å²) in [6, 6.07) is 12.1. The largest absolute Gasteiger partial charge is 0.493 e. The van der Waals surface area contributed by atoms with Crippen molar-refractivity contribution >= 4 is 0 Å². The van der Waals surface area contributed by atoms with Crippen LogP contribution >= 0.6 is 0 Å². The van der Waals surface area contributed by atoms with E-state index >= 15 is 0 Å². The molecule has 1 unspecified atom stereocenters. The highest BCUT2D eigenvalue weighted by molar-refractivity contribution is 5.42. The second-order valence-corrected chi connectivity index (χ2v) is 5.55. The van der Waals surface area contributed by atoms with Crippen LogP contribution in [-0.4, -0.2) is 37.3 Å². The molecule has 0 spiro atoms. The number of halogens is 1. The zero-order valence-corrected chi connectivity index (χ0v) is 14.3. The van der Waals surface area contributed by atoms with Crippen LogP contribution in [0.1, 0.15) is 24.2 Å². The van der Waals surface area contributed by atoms with Crippen molar-refractivity contribution in [2.24, 2.45) is 0 Å². The van der Waals surface area contributed by atoms with Crippen molar-refractivity contribution in [1.82, 2.24) is 4.90 Å². The molecule has 2 rings (SSSR count). The van der Waals surface area contributed by atoms with Gasteiger partial charge in [0.25, 0.3) is 0 Å². The van der Waals surface area contributed by atoms with Gasteiger partial charge in [-0.3, -0.25) is 4.90 Å². The van der Waals surface area contributed by atoms with Crippen molar-refractivity contribution in [3.8, 4) is 11.5 Å². The summed E-state index contributed by atoms with van der Waals surface area (Å²) >= 11 is 0. The van der Waals surface area contributed by atoms with Gasteiger partial charge in [0.1, 0.15) is 5.82 Å². The van der Waals surface area contributed by atoms with Crippen LogP contribution in [0.3, 0.4) is 0 Å². The molecule has 2 aromatic carbocycles. The summed E-state index contributed by atoms with van der Waals surface area (Å²) in [5.74, 6) is 0.962. The number of rotatable bonds is 8. The third-order valence-corrected chi connectivity index (χ3v) is 4.00. The summed E-state index contributed by atoms with van der Waals surface area (Å²) in [6.07, 6.45) is -0.869. The Morgan fingerprint density at radius 2 is 1.79 bits per heavy atom. The Bertz CT molecular complexity index is 663. The van der Waals surface area contributed by atoms with Gasteiger partial charge < -0.3 is 14.6 Å². The molecule has 130 valence electrons.